The number of carbonyl (C=O) groups excluding carboxylic acids is 1. The van der Waals surface area contributed by atoms with E-state index >= 15 is 0 Å². The van der Waals surface area contributed by atoms with Crippen LogP contribution in [0.1, 0.15) is 5.56 Å². The first-order valence-corrected chi connectivity index (χ1v) is 6.01. The van der Waals surface area contributed by atoms with Crippen LogP contribution in [-0.4, -0.2) is 19.3 Å². The van der Waals surface area contributed by atoms with E-state index < -0.39 is 9.05 Å². The van der Waals surface area contributed by atoms with Crippen molar-refractivity contribution in [1.29, 1.82) is 0 Å². The summed E-state index contributed by atoms with van der Waals surface area (Å²) < 4.78 is 21.9. The zero-order valence-corrected chi connectivity index (χ0v) is 8.39. The average molecular weight is 233 g/mol. The molecule has 2 heterocycles. The summed E-state index contributed by atoms with van der Waals surface area (Å²) in [5.41, 5.74) is 0.553. The number of nitrogens with zero attached hydrogens (tertiary/aromatic N) is 1. The largest absolute Gasteiger partial charge is 0.310 e. The monoisotopic (exact) mass is 232 g/mol. The van der Waals surface area contributed by atoms with Gasteiger partial charge in [0.25, 0.3) is 9.05 Å². The lowest BCUT2D eigenvalue weighted by Gasteiger charge is -1.98. The molecule has 74 valence electrons. The molecule has 1 N–H and O–H groups in total. The molecule has 14 heavy (non-hydrogen) atoms. The summed E-state index contributed by atoms with van der Waals surface area (Å²) in [5, 5.41) is 2.49. The van der Waals surface area contributed by atoms with Gasteiger partial charge in [-0.1, -0.05) is 0 Å². The average Bonchev–Trinajstić information content (AvgIpc) is 2.41. The van der Waals surface area contributed by atoms with Gasteiger partial charge in [-0.3, -0.25) is 4.79 Å². The van der Waals surface area contributed by atoms with Crippen LogP contribution < -0.4 is 5.32 Å². The number of nitrogens with one attached hydrogen (secondary N) is 1. The summed E-state index contributed by atoms with van der Waals surface area (Å²) >= 11 is 0. The molecule has 0 atom stereocenters. The number of fused-ring (bicyclic) bond motifs is 1. The Labute approximate surface area is 84.5 Å². The van der Waals surface area contributed by atoms with Crippen LogP contribution in [0.5, 0.6) is 0 Å². The normalized spacial score (nSPS) is 15.1. The van der Waals surface area contributed by atoms with Gasteiger partial charge in [0.1, 0.15) is 10.7 Å². The lowest BCUT2D eigenvalue weighted by molar-refractivity contribution is -0.115. The minimum absolute atomic E-state index is 0.0885. The highest BCUT2D eigenvalue weighted by Gasteiger charge is 2.21. The molecule has 0 unspecified atom stereocenters. The molecule has 0 bridgehead atoms. The third-order valence-electron chi connectivity index (χ3n) is 1.83. The predicted octanol–water partition coefficient (Wildman–Crippen LogP) is 0.504. The quantitative estimate of drug-likeness (QED) is 0.716. The minimum Gasteiger partial charge on any atom is -0.310 e. The summed E-state index contributed by atoms with van der Waals surface area (Å²) in [6.45, 7) is 0. The Morgan fingerprint density at radius 1 is 1.50 bits per heavy atom. The van der Waals surface area contributed by atoms with Crippen molar-refractivity contribution >= 4 is 31.5 Å². The fraction of sp³-hybridized carbons (Fsp3) is 0.143. The van der Waals surface area contributed by atoms with Crippen molar-refractivity contribution in [2.45, 2.75) is 11.3 Å². The fourth-order valence-electron chi connectivity index (χ4n) is 1.22. The Hall–Kier alpha value is -1.14. The molecule has 7 heteroatoms. The molecule has 0 aromatic carbocycles. The number of aromatic nitrogens is 1. The molecule has 0 saturated carbocycles. The fourth-order valence-corrected chi connectivity index (χ4v) is 1.93. The molecule has 1 aliphatic rings. The maximum Gasteiger partial charge on any atom is 0.262 e. The highest BCUT2D eigenvalue weighted by Crippen LogP contribution is 2.24. The van der Waals surface area contributed by atoms with Crippen molar-refractivity contribution in [3.63, 3.8) is 0 Å². The van der Waals surface area contributed by atoms with Gasteiger partial charge in [-0.25, -0.2) is 13.4 Å². The van der Waals surface area contributed by atoms with E-state index in [1.165, 1.54) is 6.07 Å². The van der Waals surface area contributed by atoms with Crippen molar-refractivity contribution in [3.05, 3.63) is 17.8 Å². The second kappa shape index (κ2) is 2.93. The summed E-state index contributed by atoms with van der Waals surface area (Å²) in [6, 6.07) is 1.35. The van der Waals surface area contributed by atoms with Gasteiger partial charge in [0.05, 0.1) is 6.42 Å². The molecule has 0 fully saturated rings. The van der Waals surface area contributed by atoms with E-state index in [2.05, 4.69) is 10.3 Å². The summed E-state index contributed by atoms with van der Waals surface area (Å²) in [4.78, 5) is 14.6. The highest BCUT2D eigenvalue weighted by molar-refractivity contribution is 8.13. The Balaban J connectivity index is 2.53. The number of hydrogen-bond donors (Lipinski definition) is 1. The Morgan fingerprint density at radius 3 is 2.86 bits per heavy atom. The molecule has 0 aliphatic carbocycles. The number of rotatable bonds is 1. The van der Waals surface area contributed by atoms with E-state index in [0.29, 0.717) is 11.4 Å². The van der Waals surface area contributed by atoms with Gasteiger partial charge in [0.15, 0.2) is 0 Å². The number of amides is 1. The molecule has 0 spiro atoms. The van der Waals surface area contributed by atoms with Crippen LogP contribution in [-0.2, 0) is 20.3 Å². The lowest BCUT2D eigenvalue weighted by Crippen LogP contribution is -2.04. The van der Waals surface area contributed by atoms with Crippen LogP contribution in [0.2, 0.25) is 0 Å². The van der Waals surface area contributed by atoms with Gasteiger partial charge in [0, 0.05) is 22.4 Å². The molecule has 2 rings (SSSR count). The summed E-state index contributed by atoms with van der Waals surface area (Å²) in [7, 11) is 1.35. The zero-order valence-electron chi connectivity index (χ0n) is 6.82. The van der Waals surface area contributed by atoms with Crippen LogP contribution >= 0.6 is 10.7 Å². The van der Waals surface area contributed by atoms with Crippen molar-refractivity contribution < 1.29 is 13.2 Å². The van der Waals surface area contributed by atoms with Crippen molar-refractivity contribution in [2.24, 2.45) is 0 Å². The molecule has 5 nitrogen and oxygen atoms in total. The lowest BCUT2D eigenvalue weighted by atomic mass is 10.2. The van der Waals surface area contributed by atoms with E-state index in [0.717, 1.165) is 6.20 Å². The van der Waals surface area contributed by atoms with Gasteiger partial charge < -0.3 is 5.32 Å². The van der Waals surface area contributed by atoms with Gasteiger partial charge >= 0.3 is 0 Å². The number of carbonyl (C=O) groups is 1. The summed E-state index contributed by atoms with van der Waals surface area (Å²) in [5.74, 6) is 0.204. The van der Waals surface area contributed by atoms with Crippen molar-refractivity contribution in [3.8, 4) is 0 Å². The molecular formula is C7H5ClN2O3S. The molecule has 1 aromatic heterocycles. The smallest absolute Gasteiger partial charge is 0.262 e. The second-order valence-electron chi connectivity index (χ2n) is 2.84. The first-order chi connectivity index (χ1) is 6.47. The van der Waals surface area contributed by atoms with Crippen molar-refractivity contribution in [2.75, 3.05) is 5.32 Å². The predicted molar refractivity (Wildman–Crippen MR) is 49.6 cm³/mol. The number of pyridine rings is 1. The first kappa shape index (κ1) is 9.42. The Kier molecular flexibility index (Phi) is 1.97. The van der Waals surface area contributed by atoms with E-state index in [4.69, 9.17) is 10.7 Å². The topological polar surface area (TPSA) is 76.1 Å². The van der Waals surface area contributed by atoms with E-state index in [1.807, 2.05) is 0 Å². The number of hydrogen-bond acceptors (Lipinski definition) is 4. The zero-order chi connectivity index (χ0) is 10.3. The maximum atomic E-state index is 10.9. The molecule has 0 radical (unpaired) electrons. The Morgan fingerprint density at radius 2 is 2.21 bits per heavy atom. The second-order valence-corrected chi connectivity index (χ2v) is 5.41. The summed E-state index contributed by atoms with van der Waals surface area (Å²) in [6.07, 6.45) is 1.26. The maximum absolute atomic E-state index is 10.9. The first-order valence-electron chi connectivity index (χ1n) is 3.70. The standard InChI is InChI=1S/C7H5ClN2O3S/c8-14(12,13)5-1-4-2-6(11)10-7(4)9-3-5/h1,3H,2H2,(H,9,10,11). The SMILES string of the molecule is O=C1Cc2cc(S(=O)(=O)Cl)cnc2N1. The third kappa shape index (κ3) is 1.58. The van der Waals surface area contributed by atoms with Crippen LogP contribution in [0.4, 0.5) is 5.82 Å². The molecule has 1 aromatic rings. The Bertz CT molecular complexity index is 512. The van der Waals surface area contributed by atoms with Crippen LogP contribution in [0.15, 0.2) is 17.2 Å². The van der Waals surface area contributed by atoms with Gasteiger partial charge in [-0.05, 0) is 6.07 Å². The van der Waals surface area contributed by atoms with Crippen molar-refractivity contribution in [1.82, 2.24) is 4.98 Å². The molecular weight excluding hydrogens is 228 g/mol. The van der Waals surface area contributed by atoms with E-state index in [-0.39, 0.29) is 17.2 Å². The molecule has 1 aliphatic heterocycles. The van der Waals surface area contributed by atoms with Crippen LogP contribution in [0.25, 0.3) is 0 Å². The highest BCUT2D eigenvalue weighted by atomic mass is 35.7. The van der Waals surface area contributed by atoms with Gasteiger partial charge in [-0.2, -0.15) is 0 Å². The minimum atomic E-state index is -3.77. The molecule has 1 amide bonds. The third-order valence-corrected chi connectivity index (χ3v) is 3.15. The van der Waals surface area contributed by atoms with Crippen LogP contribution in [0, 0.1) is 0 Å². The van der Waals surface area contributed by atoms with Gasteiger partial charge in [0.2, 0.25) is 5.91 Å². The van der Waals surface area contributed by atoms with Gasteiger partial charge in [-0.15, -0.1) is 0 Å². The number of anilines is 1. The number of halogens is 1. The molecule has 0 saturated heterocycles. The van der Waals surface area contributed by atoms with Crippen LogP contribution in [0.3, 0.4) is 0 Å². The van der Waals surface area contributed by atoms with E-state index in [1.54, 1.807) is 0 Å². The van der Waals surface area contributed by atoms with E-state index in [9.17, 15) is 13.2 Å².